The Hall–Kier alpha value is -3.01. The molecule has 4 aromatic rings. The Balaban J connectivity index is 1.54. The Morgan fingerprint density at radius 3 is 2.61 bits per heavy atom. The molecule has 3 aromatic heterocycles. The molecule has 1 unspecified atom stereocenters. The SMILES string of the molecule is COc1ccc(C2NC(=S)N(CCc3cccs3)C(C)=C2c2nc(-c3cccs3)no2)cc1. The van der Waals surface area contributed by atoms with Crippen molar-refractivity contribution in [3.05, 3.63) is 81.3 Å². The van der Waals surface area contributed by atoms with E-state index in [2.05, 4.69) is 39.8 Å². The van der Waals surface area contributed by atoms with E-state index in [9.17, 15) is 0 Å². The molecule has 0 saturated heterocycles. The highest BCUT2D eigenvalue weighted by Gasteiger charge is 2.34. The summed E-state index contributed by atoms with van der Waals surface area (Å²) in [6.07, 6.45) is 0.904. The van der Waals surface area contributed by atoms with Gasteiger partial charge in [0.15, 0.2) is 5.11 Å². The van der Waals surface area contributed by atoms with E-state index in [0.717, 1.165) is 40.4 Å². The summed E-state index contributed by atoms with van der Waals surface area (Å²) < 4.78 is 11.1. The van der Waals surface area contributed by atoms with Crippen molar-refractivity contribution in [3.8, 4) is 16.5 Å². The Kier molecular flexibility index (Phi) is 6.26. The van der Waals surface area contributed by atoms with Gasteiger partial charge in [-0.15, -0.1) is 22.7 Å². The first-order valence-corrected chi connectivity index (χ1v) is 12.6. The highest BCUT2D eigenvalue weighted by atomic mass is 32.1. The normalized spacial score (nSPS) is 16.2. The van der Waals surface area contributed by atoms with Crippen LogP contribution in [0.15, 0.2) is 69.5 Å². The first-order valence-electron chi connectivity index (χ1n) is 10.5. The van der Waals surface area contributed by atoms with Gasteiger partial charge in [-0.1, -0.05) is 29.4 Å². The second-order valence-electron chi connectivity index (χ2n) is 7.54. The highest BCUT2D eigenvalue weighted by molar-refractivity contribution is 7.80. The number of nitrogens with zero attached hydrogens (tertiary/aromatic N) is 3. The van der Waals surface area contributed by atoms with E-state index in [4.69, 9.17) is 26.5 Å². The van der Waals surface area contributed by atoms with Gasteiger partial charge in [0, 0.05) is 17.1 Å². The molecule has 0 aliphatic carbocycles. The molecular formula is C24H22N4O2S3. The van der Waals surface area contributed by atoms with E-state index in [1.807, 2.05) is 41.8 Å². The van der Waals surface area contributed by atoms with Gasteiger partial charge in [-0.2, -0.15) is 4.98 Å². The van der Waals surface area contributed by atoms with Crippen LogP contribution in [0.1, 0.15) is 29.3 Å². The summed E-state index contributed by atoms with van der Waals surface area (Å²) in [6, 6.07) is 15.9. The summed E-state index contributed by atoms with van der Waals surface area (Å²) in [5.41, 5.74) is 2.98. The minimum atomic E-state index is -0.210. The maximum absolute atomic E-state index is 5.79. The van der Waals surface area contributed by atoms with Crippen LogP contribution in [0.2, 0.25) is 0 Å². The fraction of sp³-hybridized carbons (Fsp3) is 0.208. The number of allylic oxidation sites excluding steroid dienone is 1. The number of nitrogens with one attached hydrogen (secondary N) is 1. The molecule has 33 heavy (non-hydrogen) atoms. The molecule has 6 nitrogen and oxygen atoms in total. The van der Waals surface area contributed by atoms with Gasteiger partial charge in [0.25, 0.3) is 5.89 Å². The van der Waals surface area contributed by atoms with Crippen LogP contribution >= 0.6 is 34.9 Å². The molecule has 5 rings (SSSR count). The van der Waals surface area contributed by atoms with Gasteiger partial charge in [-0.25, -0.2) is 0 Å². The van der Waals surface area contributed by atoms with Crippen LogP contribution in [0, 0.1) is 0 Å². The van der Waals surface area contributed by atoms with Gasteiger partial charge in [0.1, 0.15) is 5.75 Å². The summed E-state index contributed by atoms with van der Waals surface area (Å²) in [5.74, 6) is 1.88. The lowest BCUT2D eigenvalue weighted by molar-refractivity contribution is 0.397. The minimum Gasteiger partial charge on any atom is -0.497 e. The van der Waals surface area contributed by atoms with E-state index < -0.39 is 0 Å². The molecule has 0 saturated carbocycles. The second kappa shape index (κ2) is 9.46. The van der Waals surface area contributed by atoms with Crippen molar-refractivity contribution in [2.45, 2.75) is 19.4 Å². The topological polar surface area (TPSA) is 63.4 Å². The minimum absolute atomic E-state index is 0.210. The first-order chi connectivity index (χ1) is 16.1. The Labute approximate surface area is 205 Å². The standard InChI is InChI=1S/C24H22N4O2S3/c1-15-20(23-26-22(27-30-23)19-6-4-14-33-19)21(16-7-9-17(29-2)10-8-16)25-24(31)28(15)12-11-18-5-3-13-32-18/h3-10,13-14,21H,11-12H2,1-2H3,(H,25,31). The number of hydrogen-bond acceptors (Lipinski definition) is 7. The van der Waals surface area contributed by atoms with Crippen molar-refractivity contribution in [3.63, 3.8) is 0 Å². The lowest BCUT2D eigenvalue weighted by Gasteiger charge is -2.37. The molecule has 1 N–H and O–H groups in total. The number of methoxy groups -OCH3 is 1. The number of thiocarbonyl (C=S) groups is 1. The third-order valence-electron chi connectivity index (χ3n) is 5.61. The van der Waals surface area contributed by atoms with Gasteiger partial charge < -0.3 is 19.5 Å². The molecule has 0 bridgehead atoms. The number of aromatic nitrogens is 2. The number of benzene rings is 1. The lowest BCUT2D eigenvalue weighted by atomic mass is 9.94. The van der Waals surface area contributed by atoms with Gasteiger partial charge in [-0.05, 0) is 66.2 Å². The van der Waals surface area contributed by atoms with E-state index in [1.54, 1.807) is 29.8 Å². The van der Waals surface area contributed by atoms with Crippen LogP contribution in [-0.4, -0.2) is 33.8 Å². The Bertz CT molecular complexity index is 1260. The summed E-state index contributed by atoms with van der Waals surface area (Å²) in [7, 11) is 1.66. The van der Waals surface area contributed by atoms with Crippen molar-refractivity contribution in [1.82, 2.24) is 20.4 Å². The molecule has 1 atom stereocenters. The summed E-state index contributed by atoms with van der Waals surface area (Å²) in [6.45, 7) is 2.84. The molecule has 1 aliphatic heterocycles. The van der Waals surface area contributed by atoms with Gasteiger partial charge >= 0.3 is 0 Å². The second-order valence-corrected chi connectivity index (χ2v) is 9.90. The van der Waals surface area contributed by atoms with Crippen molar-refractivity contribution >= 4 is 45.6 Å². The van der Waals surface area contributed by atoms with Crippen LogP contribution in [-0.2, 0) is 6.42 Å². The molecule has 1 aliphatic rings. The zero-order valence-corrected chi connectivity index (χ0v) is 20.6. The number of ether oxygens (including phenoxy) is 1. The summed E-state index contributed by atoms with van der Waals surface area (Å²) in [4.78, 5) is 9.16. The number of thiophene rings is 2. The largest absolute Gasteiger partial charge is 0.497 e. The molecule has 1 aromatic carbocycles. The predicted octanol–water partition coefficient (Wildman–Crippen LogP) is 5.77. The molecule has 0 fully saturated rings. The predicted molar refractivity (Wildman–Crippen MR) is 136 cm³/mol. The number of hydrogen-bond donors (Lipinski definition) is 1. The van der Waals surface area contributed by atoms with Crippen LogP contribution < -0.4 is 10.1 Å². The average Bonchev–Trinajstić information content (AvgIpc) is 3.61. The van der Waals surface area contributed by atoms with Crippen LogP contribution in [0.4, 0.5) is 0 Å². The van der Waals surface area contributed by atoms with Crippen LogP contribution in [0.3, 0.4) is 0 Å². The van der Waals surface area contributed by atoms with Gasteiger partial charge in [-0.3, -0.25) is 0 Å². The first kappa shape index (κ1) is 21.8. The maximum atomic E-state index is 5.79. The fourth-order valence-corrected chi connectivity index (χ4v) is 5.58. The highest BCUT2D eigenvalue weighted by Crippen LogP contribution is 2.38. The smallest absolute Gasteiger partial charge is 0.258 e. The molecule has 0 spiro atoms. The third kappa shape index (κ3) is 4.44. The Morgan fingerprint density at radius 1 is 1.12 bits per heavy atom. The van der Waals surface area contributed by atoms with Crippen molar-refractivity contribution in [1.29, 1.82) is 0 Å². The fourth-order valence-electron chi connectivity index (χ4n) is 3.89. The summed E-state index contributed by atoms with van der Waals surface area (Å²) in [5, 5.41) is 12.5. The van der Waals surface area contributed by atoms with Gasteiger partial charge in [0.05, 0.1) is 23.6 Å². The molecule has 9 heteroatoms. The molecule has 0 amide bonds. The van der Waals surface area contributed by atoms with Crippen molar-refractivity contribution < 1.29 is 9.26 Å². The Morgan fingerprint density at radius 2 is 1.91 bits per heavy atom. The number of rotatable bonds is 7. The average molecular weight is 495 g/mol. The zero-order valence-electron chi connectivity index (χ0n) is 18.1. The van der Waals surface area contributed by atoms with Crippen molar-refractivity contribution in [2.75, 3.05) is 13.7 Å². The summed E-state index contributed by atoms with van der Waals surface area (Å²) >= 11 is 9.13. The van der Waals surface area contributed by atoms with E-state index in [1.165, 1.54) is 4.88 Å². The third-order valence-corrected chi connectivity index (χ3v) is 7.75. The van der Waals surface area contributed by atoms with Gasteiger partial charge in [0.2, 0.25) is 5.82 Å². The van der Waals surface area contributed by atoms with Crippen LogP contribution in [0.25, 0.3) is 16.3 Å². The molecule has 0 radical (unpaired) electrons. The van der Waals surface area contributed by atoms with E-state index in [-0.39, 0.29) is 6.04 Å². The van der Waals surface area contributed by atoms with E-state index >= 15 is 0 Å². The molecule has 168 valence electrons. The molecular weight excluding hydrogens is 472 g/mol. The lowest BCUT2D eigenvalue weighted by Crippen LogP contribution is -2.46. The molecule has 4 heterocycles. The van der Waals surface area contributed by atoms with Crippen LogP contribution in [0.5, 0.6) is 5.75 Å². The zero-order chi connectivity index (χ0) is 22.8. The maximum Gasteiger partial charge on any atom is 0.258 e. The quantitative estimate of drug-likeness (QED) is 0.327. The monoisotopic (exact) mass is 494 g/mol. The van der Waals surface area contributed by atoms with E-state index in [0.29, 0.717) is 16.8 Å². The van der Waals surface area contributed by atoms with Crippen molar-refractivity contribution in [2.24, 2.45) is 0 Å².